The molecule has 1 aliphatic heterocycles. The molecule has 96 valence electrons. The number of rotatable bonds is 3. The Balaban J connectivity index is 1.91. The lowest BCUT2D eigenvalue weighted by Gasteiger charge is -2.38. The number of amides is 1. The van der Waals surface area contributed by atoms with Gasteiger partial charge in [0.1, 0.15) is 0 Å². The molecule has 1 amide bonds. The van der Waals surface area contributed by atoms with Gasteiger partial charge in [0.2, 0.25) is 5.91 Å². The van der Waals surface area contributed by atoms with E-state index in [4.69, 9.17) is 0 Å². The molecule has 3 nitrogen and oxygen atoms in total. The van der Waals surface area contributed by atoms with Crippen molar-refractivity contribution in [1.29, 1.82) is 0 Å². The second kappa shape index (κ2) is 4.63. The first-order valence-corrected chi connectivity index (χ1v) is 6.97. The molecule has 0 aromatic heterocycles. The number of hydrogen-bond acceptors (Lipinski definition) is 2. The summed E-state index contributed by atoms with van der Waals surface area (Å²) < 4.78 is 0. The fourth-order valence-electron chi connectivity index (χ4n) is 2.76. The third-order valence-electron chi connectivity index (χ3n) is 3.80. The molecule has 1 saturated carbocycles. The number of fused-ring (bicyclic) bond motifs is 1. The van der Waals surface area contributed by atoms with Crippen LogP contribution in [0.5, 0.6) is 0 Å². The van der Waals surface area contributed by atoms with Crippen LogP contribution in [0.25, 0.3) is 0 Å². The quantitative estimate of drug-likeness (QED) is 0.816. The first-order chi connectivity index (χ1) is 8.81. The summed E-state index contributed by atoms with van der Waals surface area (Å²) in [5.41, 5.74) is 2.35. The maximum absolute atomic E-state index is 12.2. The van der Waals surface area contributed by atoms with Gasteiger partial charge >= 0.3 is 0 Å². The van der Waals surface area contributed by atoms with Gasteiger partial charge in [-0.1, -0.05) is 19.1 Å². The molecule has 1 aromatic carbocycles. The zero-order valence-electron chi connectivity index (χ0n) is 10.9. The molecule has 1 aromatic rings. The Morgan fingerprint density at radius 2 is 1.94 bits per heavy atom. The number of benzene rings is 1. The summed E-state index contributed by atoms with van der Waals surface area (Å²) in [4.78, 5) is 16.6. The maximum atomic E-state index is 12.2. The molecule has 1 fully saturated rings. The molecule has 0 unspecified atom stereocenters. The molecule has 0 spiro atoms. The van der Waals surface area contributed by atoms with Crippen LogP contribution in [-0.2, 0) is 4.79 Å². The third-order valence-corrected chi connectivity index (χ3v) is 3.80. The van der Waals surface area contributed by atoms with Crippen molar-refractivity contribution in [3.8, 4) is 0 Å². The topological polar surface area (TPSA) is 23.6 Å². The van der Waals surface area contributed by atoms with Gasteiger partial charge in [-0.3, -0.25) is 4.79 Å². The Bertz CT molecular complexity index is 454. The van der Waals surface area contributed by atoms with Crippen LogP contribution in [0, 0.1) is 0 Å². The predicted octanol–water partition coefficient (Wildman–Crippen LogP) is 2.80. The highest BCUT2D eigenvalue weighted by Crippen LogP contribution is 2.39. The van der Waals surface area contributed by atoms with Crippen LogP contribution in [-0.4, -0.2) is 25.0 Å². The van der Waals surface area contributed by atoms with E-state index in [0.717, 1.165) is 31.2 Å². The second-order valence-corrected chi connectivity index (χ2v) is 5.21. The van der Waals surface area contributed by atoms with E-state index in [1.807, 2.05) is 11.0 Å². The summed E-state index contributed by atoms with van der Waals surface area (Å²) >= 11 is 0. The molecule has 0 saturated heterocycles. The first-order valence-electron chi connectivity index (χ1n) is 6.97. The zero-order valence-corrected chi connectivity index (χ0v) is 10.9. The molecule has 0 bridgehead atoms. The smallest absolute Gasteiger partial charge is 0.227 e. The van der Waals surface area contributed by atoms with Gasteiger partial charge in [-0.15, -0.1) is 0 Å². The normalized spacial score (nSPS) is 18.7. The minimum Gasteiger partial charge on any atom is -0.365 e. The van der Waals surface area contributed by atoms with Crippen molar-refractivity contribution in [2.75, 3.05) is 22.9 Å². The van der Waals surface area contributed by atoms with E-state index in [0.29, 0.717) is 6.42 Å². The van der Waals surface area contributed by atoms with Crippen molar-refractivity contribution >= 4 is 17.3 Å². The van der Waals surface area contributed by atoms with E-state index in [2.05, 4.69) is 30.0 Å². The number of carbonyl (C=O) groups is 1. The summed E-state index contributed by atoms with van der Waals surface area (Å²) in [7, 11) is 0. The monoisotopic (exact) mass is 244 g/mol. The van der Waals surface area contributed by atoms with Crippen molar-refractivity contribution in [3.63, 3.8) is 0 Å². The van der Waals surface area contributed by atoms with Crippen LogP contribution < -0.4 is 9.80 Å². The number of anilines is 2. The highest BCUT2D eigenvalue weighted by molar-refractivity contribution is 5.97. The minimum atomic E-state index is 0.264. The van der Waals surface area contributed by atoms with Gasteiger partial charge in [0.15, 0.2) is 0 Å². The van der Waals surface area contributed by atoms with E-state index < -0.39 is 0 Å². The number of nitrogens with zero attached hydrogens (tertiary/aromatic N) is 2. The Morgan fingerprint density at radius 3 is 2.61 bits per heavy atom. The van der Waals surface area contributed by atoms with Gasteiger partial charge in [-0.25, -0.2) is 0 Å². The van der Waals surface area contributed by atoms with Crippen LogP contribution in [0.3, 0.4) is 0 Å². The van der Waals surface area contributed by atoms with E-state index in [9.17, 15) is 4.79 Å². The highest BCUT2D eigenvalue weighted by atomic mass is 16.2. The largest absolute Gasteiger partial charge is 0.365 e. The summed E-state index contributed by atoms with van der Waals surface area (Å²) in [6.07, 6.45) is 4.18. The molecular weight excluding hydrogens is 224 g/mol. The molecule has 1 heterocycles. The van der Waals surface area contributed by atoms with Crippen molar-refractivity contribution in [1.82, 2.24) is 0 Å². The SMILES string of the molecule is CCCC(=O)N1CCN(C2CC2)c2ccccc21. The van der Waals surface area contributed by atoms with Crippen LogP contribution in [0.4, 0.5) is 11.4 Å². The van der Waals surface area contributed by atoms with Gasteiger partial charge < -0.3 is 9.80 Å². The van der Waals surface area contributed by atoms with E-state index in [-0.39, 0.29) is 5.91 Å². The van der Waals surface area contributed by atoms with Gasteiger partial charge in [-0.05, 0) is 31.4 Å². The Labute approximate surface area is 108 Å². The average Bonchev–Trinajstić information content (AvgIpc) is 3.22. The standard InChI is InChI=1S/C15H20N2O/c1-2-5-15(18)17-11-10-16(12-8-9-12)13-6-3-4-7-14(13)17/h3-4,6-7,12H,2,5,8-11H2,1H3. The minimum absolute atomic E-state index is 0.264. The average molecular weight is 244 g/mol. The number of para-hydroxylation sites is 2. The number of hydrogen-bond donors (Lipinski definition) is 0. The lowest BCUT2D eigenvalue weighted by Crippen LogP contribution is -2.44. The maximum Gasteiger partial charge on any atom is 0.227 e. The lowest BCUT2D eigenvalue weighted by molar-refractivity contribution is -0.118. The molecular formula is C15H20N2O. The molecule has 2 aliphatic rings. The molecule has 1 aliphatic carbocycles. The van der Waals surface area contributed by atoms with Gasteiger partial charge in [0, 0.05) is 25.6 Å². The third kappa shape index (κ3) is 1.98. The Kier molecular flexibility index (Phi) is 2.98. The number of carbonyl (C=O) groups excluding carboxylic acids is 1. The molecule has 3 heteroatoms. The van der Waals surface area contributed by atoms with Crippen molar-refractivity contribution in [3.05, 3.63) is 24.3 Å². The fourth-order valence-corrected chi connectivity index (χ4v) is 2.76. The van der Waals surface area contributed by atoms with Gasteiger partial charge in [0.25, 0.3) is 0 Å². The summed E-state index contributed by atoms with van der Waals surface area (Å²) in [5.74, 6) is 0.264. The summed E-state index contributed by atoms with van der Waals surface area (Å²) in [6, 6.07) is 9.05. The summed E-state index contributed by atoms with van der Waals surface area (Å²) in [5, 5.41) is 0. The van der Waals surface area contributed by atoms with Crippen molar-refractivity contribution in [2.45, 2.75) is 38.6 Å². The highest BCUT2D eigenvalue weighted by Gasteiger charge is 2.34. The fraction of sp³-hybridized carbons (Fsp3) is 0.533. The molecule has 0 atom stereocenters. The second-order valence-electron chi connectivity index (χ2n) is 5.21. The van der Waals surface area contributed by atoms with Crippen molar-refractivity contribution in [2.24, 2.45) is 0 Å². The molecule has 3 rings (SSSR count). The Morgan fingerprint density at radius 1 is 1.22 bits per heavy atom. The zero-order chi connectivity index (χ0) is 12.5. The lowest BCUT2D eigenvalue weighted by atomic mass is 10.1. The van der Waals surface area contributed by atoms with Crippen LogP contribution in [0.15, 0.2) is 24.3 Å². The van der Waals surface area contributed by atoms with Crippen LogP contribution >= 0.6 is 0 Å². The van der Waals surface area contributed by atoms with Crippen molar-refractivity contribution < 1.29 is 4.79 Å². The Hall–Kier alpha value is -1.51. The van der Waals surface area contributed by atoms with Crippen LogP contribution in [0.2, 0.25) is 0 Å². The van der Waals surface area contributed by atoms with E-state index in [1.54, 1.807) is 0 Å². The van der Waals surface area contributed by atoms with E-state index >= 15 is 0 Å². The molecule has 0 radical (unpaired) electrons. The molecule has 0 N–H and O–H groups in total. The molecule has 18 heavy (non-hydrogen) atoms. The summed E-state index contributed by atoms with van der Waals surface area (Å²) in [6.45, 7) is 3.88. The van der Waals surface area contributed by atoms with Gasteiger partial charge in [0.05, 0.1) is 11.4 Å². The van der Waals surface area contributed by atoms with Crippen LogP contribution in [0.1, 0.15) is 32.6 Å². The van der Waals surface area contributed by atoms with E-state index in [1.165, 1.54) is 18.5 Å². The van der Waals surface area contributed by atoms with Gasteiger partial charge in [-0.2, -0.15) is 0 Å². The predicted molar refractivity (Wildman–Crippen MR) is 74.1 cm³/mol. The first kappa shape index (κ1) is 11.6.